The third-order valence-electron chi connectivity index (χ3n) is 0.729. The fourth-order valence-electron chi connectivity index (χ4n) is 0.381. The molecule has 0 amide bonds. The molecule has 1 aliphatic rings. The Kier molecular flexibility index (Phi) is 1.96. The monoisotopic (exact) mass is 148 g/mol. The predicted molar refractivity (Wildman–Crippen MR) is 34.7 cm³/mol. The van der Waals surface area contributed by atoms with Gasteiger partial charge >= 0.3 is 0 Å². The molecule has 0 aromatic rings. The Bertz CT molecular complexity index is 118. The maximum absolute atomic E-state index is 10.4. The average Bonchev–Trinajstić information content (AvgIpc) is 1.64. The summed E-state index contributed by atoms with van der Waals surface area (Å²) in [5.41, 5.74) is 0. The van der Waals surface area contributed by atoms with Gasteiger partial charge in [-0.1, -0.05) is 23.5 Å². The van der Waals surface area contributed by atoms with Crippen LogP contribution in [0.1, 0.15) is 6.42 Å². The van der Waals surface area contributed by atoms with Crippen LogP contribution in [0.25, 0.3) is 0 Å². The van der Waals surface area contributed by atoms with Gasteiger partial charge in [0, 0.05) is 0 Å². The molecule has 4 heteroatoms. The third-order valence-corrected chi connectivity index (χ3v) is 2.60. The van der Waals surface area contributed by atoms with Gasteiger partial charge in [0.2, 0.25) is 0 Å². The van der Waals surface area contributed by atoms with E-state index in [4.69, 9.17) is 0 Å². The molecule has 1 saturated heterocycles. The maximum atomic E-state index is 10.4. The highest BCUT2D eigenvalue weighted by Crippen LogP contribution is 2.23. The molecule has 1 fully saturated rings. The first kappa shape index (κ1) is 6.16. The molecule has 0 atom stereocenters. The summed E-state index contributed by atoms with van der Waals surface area (Å²) in [4.78, 5) is 20.8. The Hall–Kier alpha value is 0.0400. The summed E-state index contributed by atoms with van der Waals surface area (Å²) in [6.07, 6.45) is 0.120. The van der Waals surface area contributed by atoms with Crippen LogP contribution in [0.15, 0.2) is 0 Å². The molecule has 0 saturated carbocycles. The zero-order valence-corrected chi connectivity index (χ0v) is 5.68. The number of hydrogen-bond acceptors (Lipinski definition) is 4. The van der Waals surface area contributed by atoms with Crippen LogP contribution in [-0.2, 0) is 9.59 Å². The minimum Gasteiger partial charge on any atom is -0.287 e. The first-order valence-electron chi connectivity index (χ1n) is 2.10. The molecule has 1 rings (SSSR count). The highest BCUT2D eigenvalue weighted by atomic mass is 32.2. The van der Waals surface area contributed by atoms with Gasteiger partial charge in [0.1, 0.15) is 0 Å². The number of thioether (sulfide) groups is 2. The summed E-state index contributed by atoms with van der Waals surface area (Å²) >= 11 is 2.45. The topological polar surface area (TPSA) is 34.1 Å². The van der Waals surface area contributed by atoms with E-state index in [1.807, 2.05) is 0 Å². The van der Waals surface area contributed by atoms with E-state index < -0.39 is 0 Å². The van der Waals surface area contributed by atoms with Crippen LogP contribution in [0.2, 0.25) is 0 Å². The third kappa shape index (κ3) is 1.52. The second kappa shape index (κ2) is 2.55. The number of rotatable bonds is 0. The second-order valence-electron chi connectivity index (χ2n) is 1.33. The zero-order chi connectivity index (χ0) is 5.98. The number of carbonyl (C=O) groups is 2. The summed E-state index contributed by atoms with van der Waals surface area (Å²) in [6, 6.07) is 0. The van der Waals surface area contributed by atoms with Crippen LogP contribution in [0.3, 0.4) is 0 Å². The Balaban J connectivity index is 2.45. The first-order valence-corrected chi connectivity index (χ1v) is 4.07. The number of hydrogen-bond donors (Lipinski definition) is 0. The van der Waals surface area contributed by atoms with Crippen molar-refractivity contribution >= 4 is 33.8 Å². The van der Waals surface area contributed by atoms with Gasteiger partial charge in [0.25, 0.3) is 0 Å². The van der Waals surface area contributed by atoms with Crippen LogP contribution in [0.5, 0.6) is 0 Å². The average molecular weight is 148 g/mol. The van der Waals surface area contributed by atoms with Crippen LogP contribution >= 0.6 is 23.5 Å². The van der Waals surface area contributed by atoms with Crippen molar-refractivity contribution in [2.24, 2.45) is 0 Å². The van der Waals surface area contributed by atoms with Crippen LogP contribution in [0.4, 0.5) is 0 Å². The molecule has 0 spiro atoms. The molecule has 0 unspecified atom stereocenters. The van der Waals surface area contributed by atoms with E-state index in [1.54, 1.807) is 0 Å². The lowest BCUT2D eigenvalue weighted by Crippen LogP contribution is -2.06. The van der Waals surface area contributed by atoms with Crippen molar-refractivity contribution in [1.29, 1.82) is 0 Å². The molecule has 0 bridgehead atoms. The van der Waals surface area contributed by atoms with Crippen molar-refractivity contribution < 1.29 is 9.59 Å². The van der Waals surface area contributed by atoms with Crippen molar-refractivity contribution in [1.82, 2.24) is 0 Å². The van der Waals surface area contributed by atoms with Gasteiger partial charge in [0.05, 0.1) is 11.5 Å². The highest BCUT2D eigenvalue weighted by molar-refractivity contribution is 8.30. The van der Waals surface area contributed by atoms with Crippen molar-refractivity contribution in [2.75, 3.05) is 5.08 Å². The predicted octanol–water partition coefficient (Wildman–Crippen LogP) is 0.867. The standard InChI is InChI=1S/C4H4O2S2/c5-3-1-4(6)8-2-7-3/h1-2H2. The van der Waals surface area contributed by atoms with Gasteiger partial charge in [-0.3, -0.25) is 9.59 Å². The first-order chi connectivity index (χ1) is 3.79. The lowest BCUT2D eigenvalue weighted by Gasteiger charge is -2.03. The molecule has 0 radical (unpaired) electrons. The van der Waals surface area contributed by atoms with Gasteiger partial charge in [-0.25, -0.2) is 0 Å². The van der Waals surface area contributed by atoms with Gasteiger partial charge in [-0.2, -0.15) is 0 Å². The smallest absolute Gasteiger partial charge is 0.198 e. The molecule has 1 aliphatic heterocycles. The van der Waals surface area contributed by atoms with E-state index in [9.17, 15) is 9.59 Å². The fraction of sp³-hybridized carbons (Fsp3) is 0.500. The van der Waals surface area contributed by atoms with Crippen molar-refractivity contribution in [2.45, 2.75) is 6.42 Å². The minimum atomic E-state index is 0.00810. The van der Waals surface area contributed by atoms with Gasteiger partial charge in [-0.15, -0.1) is 0 Å². The van der Waals surface area contributed by atoms with Crippen molar-refractivity contribution in [3.8, 4) is 0 Å². The number of carbonyl (C=O) groups excluding carboxylic acids is 2. The molecule has 0 aromatic heterocycles. The Morgan fingerprint density at radius 3 is 1.88 bits per heavy atom. The molecule has 0 aliphatic carbocycles. The lowest BCUT2D eigenvalue weighted by atomic mass is 10.5. The largest absolute Gasteiger partial charge is 0.287 e. The summed E-state index contributed by atoms with van der Waals surface area (Å²) in [5.74, 6) is 0. The SMILES string of the molecule is O=C1CC(=O)SCS1. The Morgan fingerprint density at radius 1 is 1.12 bits per heavy atom. The second-order valence-corrected chi connectivity index (χ2v) is 3.76. The summed E-state index contributed by atoms with van der Waals surface area (Å²) in [7, 11) is 0. The molecule has 2 nitrogen and oxygen atoms in total. The molecule has 44 valence electrons. The van der Waals surface area contributed by atoms with E-state index in [-0.39, 0.29) is 16.7 Å². The Labute approximate surface area is 55.4 Å². The van der Waals surface area contributed by atoms with Crippen molar-refractivity contribution in [3.63, 3.8) is 0 Å². The quantitative estimate of drug-likeness (QED) is 0.477. The molecular weight excluding hydrogens is 144 g/mol. The van der Waals surface area contributed by atoms with Crippen molar-refractivity contribution in [3.05, 3.63) is 0 Å². The zero-order valence-electron chi connectivity index (χ0n) is 4.05. The van der Waals surface area contributed by atoms with Gasteiger partial charge < -0.3 is 0 Å². The molecule has 0 N–H and O–H groups in total. The van der Waals surface area contributed by atoms with E-state index in [2.05, 4.69) is 0 Å². The van der Waals surface area contributed by atoms with E-state index >= 15 is 0 Å². The van der Waals surface area contributed by atoms with E-state index in [1.165, 1.54) is 23.5 Å². The molecule has 1 heterocycles. The van der Waals surface area contributed by atoms with E-state index in [0.717, 1.165) is 0 Å². The molecule has 8 heavy (non-hydrogen) atoms. The Morgan fingerprint density at radius 2 is 1.62 bits per heavy atom. The van der Waals surface area contributed by atoms with Crippen LogP contribution in [0, 0.1) is 0 Å². The fourth-order valence-corrected chi connectivity index (χ4v) is 2.23. The molecular formula is C4H4O2S2. The van der Waals surface area contributed by atoms with Gasteiger partial charge in [-0.05, 0) is 0 Å². The normalized spacial score (nSPS) is 21.5. The molecule has 0 aromatic carbocycles. The minimum absolute atomic E-state index is 0.00810. The summed E-state index contributed by atoms with van der Waals surface area (Å²) < 4.78 is 0. The van der Waals surface area contributed by atoms with Gasteiger partial charge in [0.15, 0.2) is 10.2 Å². The maximum Gasteiger partial charge on any atom is 0.198 e. The summed E-state index contributed by atoms with van der Waals surface area (Å²) in [5, 5.41) is 0.625. The highest BCUT2D eigenvalue weighted by Gasteiger charge is 2.16. The van der Waals surface area contributed by atoms with E-state index in [0.29, 0.717) is 5.08 Å². The lowest BCUT2D eigenvalue weighted by molar-refractivity contribution is -0.118. The van der Waals surface area contributed by atoms with Crippen LogP contribution < -0.4 is 0 Å². The van der Waals surface area contributed by atoms with Crippen LogP contribution in [-0.4, -0.2) is 15.3 Å². The summed E-state index contributed by atoms with van der Waals surface area (Å²) in [6.45, 7) is 0.